The van der Waals surface area contributed by atoms with Crippen molar-refractivity contribution in [1.82, 2.24) is 0 Å². The first kappa shape index (κ1) is 13.4. The minimum Gasteiger partial charge on any atom is -0.457 e. The summed E-state index contributed by atoms with van der Waals surface area (Å²) in [6, 6.07) is 0. The zero-order valence-corrected chi connectivity index (χ0v) is 9.59. The van der Waals surface area contributed by atoms with Gasteiger partial charge in [-0.25, -0.2) is 0 Å². The van der Waals surface area contributed by atoms with Gasteiger partial charge >= 0.3 is 5.97 Å². The molecule has 5 heteroatoms. The van der Waals surface area contributed by atoms with E-state index < -0.39 is 18.3 Å². The average Bonchev–Trinajstić information content (AvgIpc) is 2.61. The Morgan fingerprint density at radius 3 is 2.88 bits per heavy atom. The van der Waals surface area contributed by atoms with Crippen LogP contribution in [0.4, 0.5) is 0 Å². The van der Waals surface area contributed by atoms with Crippen LogP contribution in [0.5, 0.6) is 0 Å². The maximum Gasteiger partial charge on any atom is 0.306 e. The number of carbonyl (C=O) groups is 1. The van der Waals surface area contributed by atoms with Gasteiger partial charge in [-0.1, -0.05) is 19.8 Å². The number of ether oxygens (including phenoxy) is 2. The van der Waals surface area contributed by atoms with Crippen molar-refractivity contribution in [2.24, 2.45) is 0 Å². The second kappa shape index (κ2) is 6.83. The highest BCUT2D eigenvalue weighted by molar-refractivity contribution is 5.69. The fraction of sp³-hybridized carbons (Fsp3) is 0.909. The first-order valence-corrected chi connectivity index (χ1v) is 5.79. The van der Waals surface area contributed by atoms with E-state index in [0.717, 1.165) is 19.3 Å². The van der Waals surface area contributed by atoms with E-state index in [1.165, 1.54) is 0 Å². The van der Waals surface area contributed by atoms with Crippen LogP contribution in [0.2, 0.25) is 0 Å². The maximum atomic E-state index is 11.4. The lowest BCUT2D eigenvalue weighted by Crippen LogP contribution is -2.37. The zero-order valence-electron chi connectivity index (χ0n) is 9.59. The quantitative estimate of drug-likeness (QED) is 0.506. The molecule has 0 saturated carbocycles. The van der Waals surface area contributed by atoms with E-state index in [9.17, 15) is 9.90 Å². The molecule has 16 heavy (non-hydrogen) atoms. The second-order valence-corrected chi connectivity index (χ2v) is 4.03. The smallest absolute Gasteiger partial charge is 0.306 e. The van der Waals surface area contributed by atoms with Crippen LogP contribution in [-0.2, 0) is 14.3 Å². The van der Waals surface area contributed by atoms with Gasteiger partial charge in [0.25, 0.3) is 0 Å². The van der Waals surface area contributed by atoms with Crippen molar-refractivity contribution in [1.29, 1.82) is 0 Å². The van der Waals surface area contributed by atoms with Crippen LogP contribution in [0.25, 0.3) is 0 Å². The van der Waals surface area contributed by atoms with Crippen LogP contribution in [0.15, 0.2) is 0 Å². The number of aliphatic hydroxyl groups is 2. The Morgan fingerprint density at radius 2 is 2.25 bits per heavy atom. The monoisotopic (exact) mass is 232 g/mol. The maximum absolute atomic E-state index is 11.4. The first-order chi connectivity index (χ1) is 7.69. The zero-order chi connectivity index (χ0) is 12.0. The van der Waals surface area contributed by atoms with Crippen LogP contribution < -0.4 is 0 Å². The topological polar surface area (TPSA) is 76.0 Å². The fourth-order valence-corrected chi connectivity index (χ4v) is 1.70. The van der Waals surface area contributed by atoms with Crippen LogP contribution in [0.1, 0.15) is 32.6 Å². The molecule has 1 rings (SSSR count). The van der Waals surface area contributed by atoms with Gasteiger partial charge in [-0.3, -0.25) is 4.79 Å². The van der Waals surface area contributed by atoms with Gasteiger partial charge in [-0.05, 0) is 6.42 Å². The van der Waals surface area contributed by atoms with Crippen molar-refractivity contribution in [2.75, 3.05) is 13.2 Å². The lowest BCUT2D eigenvalue weighted by molar-refractivity contribution is -0.156. The summed E-state index contributed by atoms with van der Waals surface area (Å²) in [5.74, 6) is -0.332. The van der Waals surface area contributed by atoms with E-state index in [1.54, 1.807) is 0 Å². The van der Waals surface area contributed by atoms with Crippen LogP contribution in [0, 0.1) is 0 Å². The number of carbonyl (C=O) groups excluding carboxylic acids is 1. The Hall–Kier alpha value is -0.650. The predicted octanol–water partition coefficient (Wildman–Crippen LogP) is 0.230. The van der Waals surface area contributed by atoms with Gasteiger partial charge in [-0.15, -0.1) is 0 Å². The molecule has 1 fully saturated rings. The molecule has 3 atom stereocenters. The van der Waals surface area contributed by atoms with Crippen LogP contribution in [-0.4, -0.2) is 47.7 Å². The average molecular weight is 232 g/mol. The minimum absolute atomic E-state index is 0.109. The molecule has 0 unspecified atom stereocenters. The molecular formula is C11H20O5. The summed E-state index contributed by atoms with van der Waals surface area (Å²) in [5, 5.41) is 18.5. The van der Waals surface area contributed by atoms with Gasteiger partial charge in [0.2, 0.25) is 0 Å². The molecule has 1 saturated heterocycles. The molecule has 1 aliphatic heterocycles. The molecule has 0 aromatic rings. The number of hydrogen-bond donors (Lipinski definition) is 2. The molecule has 0 bridgehead atoms. The molecule has 1 aliphatic rings. The van der Waals surface area contributed by atoms with Gasteiger partial charge < -0.3 is 19.7 Å². The van der Waals surface area contributed by atoms with Crippen molar-refractivity contribution >= 4 is 5.97 Å². The summed E-state index contributed by atoms with van der Waals surface area (Å²) in [7, 11) is 0. The summed E-state index contributed by atoms with van der Waals surface area (Å²) in [5.41, 5.74) is 0. The summed E-state index contributed by atoms with van der Waals surface area (Å²) in [6.45, 7) is 1.92. The molecule has 0 amide bonds. The lowest BCUT2D eigenvalue weighted by atomic mass is 10.1. The molecule has 0 aromatic carbocycles. The first-order valence-electron chi connectivity index (χ1n) is 5.79. The van der Waals surface area contributed by atoms with E-state index in [-0.39, 0.29) is 19.2 Å². The highest BCUT2D eigenvalue weighted by Crippen LogP contribution is 2.18. The third-order valence-electron chi connectivity index (χ3n) is 2.66. The number of aliphatic hydroxyl groups excluding tert-OH is 2. The number of esters is 1. The molecule has 2 N–H and O–H groups in total. The predicted molar refractivity (Wildman–Crippen MR) is 56.9 cm³/mol. The lowest BCUT2D eigenvalue weighted by Gasteiger charge is -2.19. The largest absolute Gasteiger partial charge is 0.457 e. The summed E-state index contributed by atoms with van der Waals surface area (Å²) >= 11 is 0. The molecule has 0 aromatic heterocycles. The molecular weight excluding hydrogens is 212 g/mol. The van der Waals surface area contributed by atoms with Crippen molar-refractivity contribution in [3.05, 3.63) is 0 Å². The van der Waals surface area contributed by atoms with E-state index >= 15 is 0 Å². The van der Waals surface area contributed by atoms with Gasteiger partial charge in [-0.2, -0.15) is 0 Å². The Bertz CT molecular complexity index is 218. The van der Waals surface area contributed by atoms with Gasteiger partial charge in [0.15, 0.2) is 6.10 Å². The highest BCUT2D eigenvalue weighted by atomic mass is 16.6. The third-order valence-corrected chi connectivity index (χ3v) is 2.66. The van der Waals surface area contributed by atoms with Crippen molar-refractivity contribution in [2.45, 2.75) is 50.9 Å². The van der Waals surface area contributed by atoms with Crippen molar-refractivity contribution in [3.63, 3.8) is 0 Å². The van der Waals surface area contributed by atoms with Crippen molar-refractivity contribution in [3.8, 4) is 0 Å². The molecule has 0 spiro atoms. The Morgan fingerprint density at radius 1 is 1.50 bits per heavy atom. The summed E-state index contributed by atoms with van der Waals surface area (Å²) < 4.78 is 10.2. The third kappa shape index (κ3) is 3.73. The van der Waals surface area contributed by atoms with Gasteiger partial charge in [0.1, 0.15) is 12.2 Å². The molecule has 94 valence electrons. The van der Waals surface area contributed by atoms with E-state index in [2.05, 4.69) is 6.92 Å². The van der Waals surface area contributed by atoms with Crippen molar-refractivity contribution < 1.29 is 24.5 Å². The minimum atomic E-state index is -0.827. The van der Waals surface area contributed by atoms with E-state index in [1.807, 2.05) is 0 Å². The van der Waals surface area contributed by atoms with E-state index in [4.69, 9.17) is 14.6 Å². The van der Waals surface area contributed by atoms with E-state index in [0.29, 0.717) is 6.42 Å². The van der Waals surface area contributed by atoms with Gasteiger partial charge in [0, 0.05) is 6.42 Å². The number of unbranched alkanes of at least 4 members (excludes halogenated alkanes) is 2. The Balaban J connectivity index is 2.31. The number of rotatable bonds is 6. The molecule has 0 radical (unpaired) electrons. The molecule has 1 heterocycles. The normalized spacial score (nSPS) is 29.3. The number of hydrogen-bond acceptors (Lipinski definition) is 5. The fourth-order valence-electron chi connectivity index (χ4n) is 1.70. The van der Waals surface area contributed by atoms with Crippen LogP contribution in [0.3, 0.4) is 0 Å². The second-order valence-electron chi connectivity index (χ2n) is 4.03. The Kier molecular flexibility index (Phi) is 5.73. The Labute approximate surface area is 95.4 Å². The van der Waals surface area contributed by atoms with Gasteiger partial charge in [0.05, 0.1) is 13.2 Å². The SMILES string of the molecule is CCCCCC(=O)O[C@H]1[C@H](O)CO[C@H]1CO. The molecule has 0 aliphatic carbocycles. The highest BCUT2D eigenvalue weighted by Gasteiger charge is 2.38. The summed E-state index contributed by atoms with van der Waals surface area (Å²) in [4.78, 5) is 11.4. The standard InChI is InChI=1S/C11H20O5/c1-2-3-4-5-10(14)16-11-8(13)7-15-9(11)6-12/h8-9,11-13H,2-7H2,1H3/t8-,9+,11+/m1/s1. The van der Waals surface area contributed by atoms with Crippen LogP contribution >= 0.6 is 0 Å². The summed E-state index contributed by atoms with van der Waals surface area (Å²) in [6.07, 6.45) is 1.04. The molecule has 5 nitrogen and oxygen atoms in total.